The van der Waals surface area contributed by atoms with Crippen molar-refractivity contribution in [3.63, 3.8) is 0 Å². The third-order valence-electron chi connectivity index (χ3n) is 7.60. The van der Waals surface area contributed by atoms with Crippen molar-refractivity contribution in [3.8, 4) is 0 Å². The van der Waals surface area contributed by atoms with Gasteiger partial charge in [-0.05, 0) is 64.2 Å². The van der Waals surface area contributed by atoms with Crippen LogP contribution in [0, 0.1) is 13.8 Å². The number of ether oxygens (including phenoxy) is 1. The van der Waals surface area contributed by atoms with Crippen LogP contribution < -0.4 is 10.2 Å². The number of rotatable bonds is 8. The van der Waals surface area contributed by atoms with Gasteiger partial charge in [-0.2, -0.15) is 5.10 Å². The highest BCUT2D eigenvalue weighted by Crippen LogP contribution is 2.23. The molecule has 3 heterocycles. The quantitative estimate of drug-likeness (QED) is 0.584. The summed E-state index contributed by atoms with van der Waals surface area (Å²) in [4.78, 5) is 28.8. The van der Waals surface area contributed by atoms with Crippen LogP contribution >= 0.6 is 0 Å². The maximum absolute atomic E-state index is 12.8. The monoisotopic (exact) mass is 481 g/mol. The lowest BCUT2D eigenvalue weighted by Crippen LogP contribution is -2.42. The Labute approximate surface area is 208 Å². The Morgan fingerprint density at radius 2 is 1.80 bits per heavy atom. The molecule has 190 valence electrons. The Balaban J connectivity index is 1.26. The Morgan fingerprint density at radius 3 is 2.43 bits per heavy atom. The third kappa shape index (κ3) is 5.69. The number of aromatic nitrogens is 2. The van der Waals surface area contributed by atoms with Gasteiger partial charge in [-0.1, -0.05) is 12.1 Å². The van der Waals surface area contributed by atoms with E-state index >= 15 is 0 Å². The van der Waals surface area contributed by atoms with Crippen molar-refractivity contribution in [2.45, 2.75) is 78.0 Å². The number of anilines is 1. The van der Waals surface area contributed by atoms with E-state index in [-0.39, 0.29) is 11.9 Å². The van der Waals surface area contributed by atoms with Gasteiger partial charge in [-0.3, -0.25) is 9.48 Å². The summed E-state index contributed by atoms with van der Waals surface area (Å²) in [5, 5.41) is 8.38. The van der Waals surface area contributed by atoms with E-state index in [2.05, 4.69) is 52.9 Å². The number of carbonyl (C=O) groups excluding carboxylic acids is 2. The largest absolute Gasteiger partial charge is 0.467 e. The van der Waals surface area contributed by atoms with Crippen molar-refractivity contribution < 1.29 is 14.3 Å². The highest BCUT2D eigenvalue weighted by atomic mass is 16.5. The maximum Gasteiger partial charge on any atom is 0.328 e. The summed E-state index contributed by atoms with van der Waals surface area (Å²) < 4.78 is 6.94. The fourth-order valence-electron chi connectivity index (χ4n) is 5.43. The van der Waals surface area contributed by atoms with Gasteiger partial charge in [0.2, 0.25) is 5.91 Å². The normalized spacial score (nSPS) is 18.8. The first-order valence-electron chi connectivity index (χ1n) is 12.9. The van der Waals surface area contributed by atoms with Crippen molar-refractivity contribution in [1.29, 1.82) is 0 Å². The molecule has 2 aliphatic rings. The van der Waals surface area contributed by atoms with Gasteiger partial charge in [0.05, 0.1) is 19.2 Å². The van der Waals surface area contributed by atoms with Gasteiger partial charge in [0.15, 0.2) is 0 Å². The first kappa shape index (κ1) is 25.2. The van der Waals surface area contributed by atoms with Crippen molar-refractivity contribution in [1.82, 2.24) is 20.0 Å². The van der Waals surface area contributed by atoms with Gasteiger partial charge in [0, 0.05) is 55.7 Å². The lowest BCUT2D eigenvalue weighted by atomic mass is 10.0. The maximum atomic E-state index is 12.8. The summed E-state index contributed by atoms with van der Waals surface area (Å²) in [6.07, 6.45) is 4.04. The second kappa shape index (κ2) is 11.2. The lowest BCUT2D eigenvalue weighted by molar-refractivity contribution is -0.150. The van der Waals surface area contributed by atoms with E-state index in [0.717, 1.165) is 56.7 Å². The number of methoxy groups -OCH3 is 1. The van der Waals surface area contributed by atoms with Crippen LogP contribution in [0.1, 0.15) is 55.1 Å². The number of esters is 1. The molecule has 0 spiro atoms. The number of hydrogen-bond donors (Lipinski definition) is 1. The van der Waals surface area contributed by atoms with E-state index in [9.17, 15) is 9.59 Å². The van der Waals surface area contributed by atoms with E-state index in [4.69, 9.17) is 4.74 Å². The van der Waals surface area contributed by atoms with Crippen LogP contribution in [0.5, 0.6) is 0 Å². The molecule has 2 aliphatic heterocycles. The van der Waals surface area contributed by atoms with Crippen molar-refractivity contribution in [2.75, 3.05) is 31.6 Å². The highest BCUT2D eigenvalue weighted by molar-refractivity contribution is 5.86. The molecule has 0 bridgehead atoms. The number of hydrogen-bond acceptors (Lipinski definition) is 6. The molecule has 1 N–H and O–H groups in total. The summed E-state index contributed by atoms with van der Waals surface area (Å²) in [5.74, 6) is -0.321. The van der Waals surface area contributed by atoms with Crippen LogP contribution in [0.15, 0.2) is 24.3 Å². The van der Waals surface area contributed by atoms with Gasteiger partial charge >= 0.3 is 5.97 Å². The number of likely N-dealkylation sites (tertiary alicyclic amines) is 1. The first-order chi connectivity index (χ1) is 16.9. The number of piperidine rings is 1. The molecule has 2 aromatic rings. The zero-order valence-corrected chi connectivity index (χ0v) is 21.5. The minimum Gasteiger partial charge on any atom is -0.467 e. The van der Waals surface area contributed by atoms with Crippen LogP contribution in [-0.2, 0) is 33.8 Å². The van der Waals surface area contributed by atoms with Crippen LogP contribution in [0.25, 0.3) is 0 Å². The molecule has 0 unspecified atom stereocenters. The van der Waals surface area contributed by atoms with E-state index in [1.54, 1.807) is 4.90 Å². The second-order valence-electron chi connectivity index (χ2n) is 9.72. The van der Waals surface area contributed by atoms with Crippen molar-refractivity contribution >= 4 is 17.6 Å². The molecule has 4 rings (SSSR count). The molecule has 35 heavy (non-hydrogen) atoms. The number of nitrogens with one attached hydrogen (secondary N) is 1. The van der Waals surface area contributed by atoms with Gasteiger partial charge < -0.3 is 19.9 Å². The van der Waals surface area contributed by atoms with Gasteiger partial charge in [0.25, 0.3) is 0 Å². The van der Waals surface area contributed by atoms with Crippen LogP contribution in [0.2, 0.25) is 0 Å². The van der Waals surface area contributed by atoms with E-state index in [1.807, 2.05) is 12.1 Å². The number of carbonyl (C=O) groups is 2. The molecule has 8 heteroatoms. The lowest BCUT2D eigenvalue weighted by Gasteiger charge is -2.34. The van der Waals surface area contributed by atoms with Gasteiger partial charge in [-0.25, -0.2) is 4.79 Å². The molecule has 0 saturated carbocycles. The number of benzene rings is 1. The van der Waals surface area contributed by atoms with Gasteiger partial charge in [0.1, 0.15) is 6.04 Å². The number of nitrogens with zero attached hydrogens (tertiary/aromatic N) is 4. The summed E-state index contributed by atoms with van der Waals surface area (Å²) in [6.45, 7) is 10.8. The molecule has 1 amide bonds. The topological polar surface area (TPSA) is 79.7 Å². The Kier molecular flexibility index (Phi) is 8.11. The predicted molar refractivity (Wildman–Crippen MR) is 136 cm³/mol. The Hall–Kier alpha value is -2.87. The molecule has 2 saturated heterocycles. The molecular formula is C27H39N5O3. The molecule has 0 radical (unpaired) electrons. The van der Waals surface area contributed by atoms with E-state index < -0.39 is 6.04 Å². The van der Waals surface area contributed by atoms with Crippen LogP contribution in [-0.4, -0.2) is 65.4 Å². The molecule has 8 nitrogen and oxygen atoms in total. The minimum atomic E-state index is -0.433. The van der Waals surface area contributed by atoms with Crippen molar-refractivity contribution in [3.05, 3.63) is 46.8 Å². The second-order valence-corrected chi connectivity index (χ2v) is 9.72. The van der Waals surface area contributed by atoms with Crippen LogP contribution in [0.4, 0.5) is 5.69 Å². The summed E-state index contributed by atoms with van der Waals surface area (Å²) >= 11 is 0. The predicted octanol–water partition coefficient (Wildman–Crippen LogP) is 2.98. The zero-order valence-electron chi connectivity index (χ0n) is 21.5. The van der Waals surface area contributed by atoms with Gasteiger partial charge in [-0.15, -0.1) is 0 Å². The SMILES string of the molecule is CCn1nc(C)c(CNC2CCN(c3ccc(CC(=O)N4CCC[C@H]4C(=O)OC)cc3)CC2)c1C. The van der Waals surface area contributed by atoms with Crippen molar-refractivity contribution in [2.24, 2.45) is 0 Å². The minimum absolute atomic E-state index is 0.00695. The standard InChI is InChI=1S/C27H39N5O3/c1-5-32-20(3)24(19(2)29-32)18-28-22-12-15-30(16-13-22)23-10-8-21(9-11-23)17-26(33)31-14-6-7-25(31)27(34)35-4/h8-11,22,25,28H,5-7,12-18H2,1-4H3/t25-/m0/s1. The fraction of sp³-hybridized carbons (Fsp3) is 0.593. The number of amides is 1. The molecule has 0 aliphatic carbocycles. The smallest absolute Gasteiger partial charge is 0.328 e. The first-order valence-corrected chi connectivity index (χ1v) is 12.9. The average Bonchev–Trinajstić information content (AvgIpc) is 3.47. The summed E-state index contributed by atoms with van der Waals surface area (Å²) in [7, 11) is 1.38. The van der Waals surface area contributed by atoms with E-state index in [1.165, 1.54) is 24.1 Å². The third-order valence-corrected chi connectivity index (χ3v) is 7.60. The summed E-state index contributed by atoms with van der Waals surface area (Å²) in [5.41, 5.74) is 5.89. The Morgan fingerprint density at radius 1 is 1.09 bits per heavy atom. The molecule has 1 aromatic carbocycles. The Bertz CT molecular complexity index is 1020. The van der Waals surface area contributed by atoms with E-state index in [0.29, 0.717) is 25.4 Å². The highest BCUT2D eigenvalue weighted by Gasteiger charge is 2.34. The zero-order chi connectivity index (χ0) is 24.9. The molecule has 2 fully saturated rings. The molecular weight excluding hydrogens is 442 g/mol. The number of aryl methyl sites for hydroxylation is 2. The van der Waals surface area contributed by atoms with Crippen LogP contribution in [0.3, 0.4) is 0 Å². The average molecular weight is 482 g/mol. The molecule has 1 aromatic heterocycles. The molecule has 1 atom stereocenters. The summed E-state index contributed by atoms with van der Waals surface area (Å²) in [6, 6.07) is 8.39. The fourth-order valence-corrected chi connectivity index (χ4v) is 5.43.